The lowest BCUT2D eigenvalue weighted by molar-refractivity contribution is -0.155. The highest BCUT2D eigenvalue weighted by atomic mass is 32.2. The van der Waals surface area contributed by atoms with Crippen molar-refractivity contribution in [2.45, 2.75) is 37.6 Å². The zero-order chi connectivity index (χ0) is 19.6. The largest absolute Gasteiger partial charge is 0.454 e. The van der Waals surface area contributed by atoms with E-state index < -0.39 is 24.5 Å². The standard InChI is InChI=1S/C18H21N3O5S/c1-11(22)19-12-4-3-5-13(8-12)20-15(23)9-26-17(25)14-10-27-18(2)7-6-16(24)21(14)18/h3-5,8,14H,6-7,9-10H2,1-2H3,(H,19,22)(H,20,23)/t14-,18+/m0/s1. The van der Waals surface area contributed by atoms with Gasteiger partial charge >= 0.3 is 5.97 Å². The number of esters is 1. The van der Waals surface area contributed by atoms with E-state index in [-0.39, 0.29) is 16.7 Å². The summed E-state index contributed by atoms with van der Waals surface area (Å²) in [6.45, 7) is 2.90. The van der Waals surface area contributed by atoms with Gasteiger partial charge in [0.05, 0.1) is 4.87 Å². The van der Waals surface area contributed by atoms with Gasteiger partial charge in [0.25, 0.3) is 5.91 Å². The van der Waals surface area contributed by atoms with Crippen LogP contribution < -0.4 is 10.6 Å². The van der Waals surface area contributed by atoms with E-state index in [1.807, 2.05) is 6.92 Å². The van der Waals surface area contributed by atoms with E-state index in [1.54, 1.807) is 40.9 Å². The molecule has 2 aliphatic heterocycles. The zero-order valence-electron chi connectivity index (χ0n) is 15.1. The molecule has 0 aliphatic carbocycles. The van der Waals surface area contributed by atoms with E-state index in [4.69, 9.17) is 4.74 Å². The summed E-state index contributed by atoms with van der Waals surface area (Å²) in [5.74, 6) is -0.858. The molecule has 3 amide bonds. The van der Waals surface area contributed by atoms with Crippen LogP contribution in [0.25, 0.3) is 0 Å². The lowest BCUT2D eigenvalue weighted by Crippen LogP contribution is -2.47. The number of amides is 3. The van der Waals surface area contributed by atoms with Crippen molar-refractivity contribution in [3.63, 3.8) is 0 Å². The second-order valence-corrected chi connectivity index (χ2v) is 8.18. The molecule has 27 heavy (non-hydrogen) atoms. The molecule has 2 aliphatic rings. The SMILES string of the molecule is CC(=O)Nc1cccc(NC(=O)COC(=O)[C@@H]2CS[C@]3(C)CCC(=O)N23)c1. The van der Waals surface area contributed by atoms with Gasteiger partial charge in [-0.2, -0.15) is 0 Å². The van der Waals surface area contributed by atoms with E-state index >= 15 is 0 Å². The van der Waals surface area contributed by atoms with Gasteiger partial charge in [0.1, 0.15) is 6.04 Å². The van der Waals surface area contributed by atoms with Gasteiger partial charge in [-0.25, -0.2) is 4.79 Å². The van der Waals surface area contributed by atoms with Crippen molar-refractivity contribution in [2.24, 2.45) is 0 Å². The van der Waals surface area contributed by atoms with Crippen molar-refractivity contribution in [3.05, 3.63) is 24.3 Å². The third-order valence-electron chi connectivity index (χ3n) is 4.53. The molecule has 0 saturated carbocycles. The monoisotopic (exact) mass is 391 g/mol. The van der Waals surface area contributed by atoms with Crippen LogP contribution in [0, 0.1) is 0 Å². The number of hydrogen-bond donors (Lipinski definition) is 2. The Bertz CT molecular complexity index is 799. The molecule has 0 radical (unpaired) electrons. The summed E-state index contributed by atoms with van der Waals surface area (Å²) >= 11 is 1.57. The first-order chi connectivity index (χ1) is 12.8. The minimum atomic E-state index is -0.647. The van der Waals surface area contributed by atoms with Crippen molar-refractivity contribution < 1.29 is 23.9 Å². The molecule has 2 saturated heterocycles. The molecule has 1 aromatic carbocycles. The Morgan fingerprint density at radius 3 is 2.70 bits per heavy atom. The van der Waals surface area contributed by atoms with Gasteiger partial charge in [-0.3, -0.25) is 14.4 Å². The fraction of sp³-hybridized carbons (Fsp3) is 0.444. The second-order valence-electron chi connectivity index (χ2n) is 6.68. The molecule has 0 unspecified atom stereocenters. The Labute approximate surface area is 161 Å². The molecule has 0 bridgehead atoms. The molecule has 2 atom stereocenters. The van der Waals surface area contributed by atoms with Gasteiger partial charge in [-0.15, -0.1) is 11.8 Å². The number of thioether (sulfide) groups is 1. The van der Waals surface area contributed by atoms with Gasteiger partial charge in [0.2, 0.25) is 11.8 Å². The van der Waals surface area contributed by atoms with E-state index in [2.05, 4.69) is 10.6 Å². The first-order valence-electron chi connectivity index (χ1n) is 8.59. The number of benzene rings is 1. The molecule has 3 rings (SSSR count). The fourth-order valence-electron chi connectivity index (χ4n) is 3.30. The van der Waals surface area contributed by atoms with Gasteiger partial charge in [-0.1, -0.05) is 6.07 Å². The van der Waals surface area contributed by atoms with Gasteiger partial charge in [0, 0.05) is 30.5 Å². The number of rotatable bonds is 5. The Morgan fingerprint density at radius 1 is 1.30 bits per heavy atom. The van der Waals surface area contributed by atoms with Crippen LogP contribution in [0.3, 0.4) is 0 Å². The lowest BCUT2D eigenvalue weighted by Gasteiger charge is -2.29. The zero-order valence-corrected chi connectivity index (χ0v) is 15.9. The van der Waals surface area contributed by atoms with Crippen LogP contribution in [0.5, 0.6) is 0 Å². The van der Waals surface area contributed by atoms with Gasteiger partial charge in [0.15, 0.2) is 6.61 Å². The predicted octanol–water partition coefficient (Wildman–Crippen LogP) is 1.58. The first kappa shape index (κ1) is 19.2. The van der Waals surface area contributed by atoms with E-state index in [9.17, 15) is 19.2 Å². The van der Waals surface area contributed by atoms with E-state index in [0.717, 1.165) is 0 Å². The summed E-state index contributed by atoms with van der Waals surface area (Å²) in [6.07, 6.45) is 1.14. The van der Waals surface area contributed by atoms with E-state index in [1.165, 1.54) is 6.92 Å². The highest BCUT2D eigenvalue weighted by molar-refractivity contribution is 8.01. The Kier molecular flexibility index (Phi) is 5.41. The highest BCUT2D eigenvalue weighted by Gasteiger charge is 2.53. The third kappa shape index (κ3) is 4.24. The summed E-state index contributed by atoms with van der Waals surface area (Å²) < 4.78 is 5.13. The minimum absolute atomic E-state index is 0.0521. The molecular weight excluding hydrogens is 370 g/mol. The lowest BCUT2D eigenvalue weighted by atomic mass is 10.2. The number of ether oxygens (including phenoxy) is 1. The number of nitrogens with one attached hydrogen (secondary N) is 2. The van der Waals surface area contributed by atoms with Gasteiger partial charge < -0.3 is 20.3 Å². The number of anilines is 2. The second kappa shape index (κ2) is 7.59. The summed E-state index contributed by atoms with van der Waals surface area (Å²) in [5.41, 5.74) is 1.02. The van der Waals surface area contributed by atoms with E-state index in [0.29, 0.717) is 30.0 Å². The smallest absolute Gasteiger partial charge is 0.330 e. The maximum atomic E-state index is 12.4. The summed E-state index contributed by atoms with van der Waals surface area (Å²) in [4.78, 5) is 48.8. The molecule has 9 heteroatoms. The minimum Gasteiger partial charge on any atom is -0.454 e. The van der Waals surface area contributed by atoms with Crippen molar-refractivity contribution in [1.29, 1.82) is 0 Å². The van der Waals surface area contributed by atoms with Crippen LogP contribution in [0.1, 0.15) is 26.7 Å². The number of fused-ring (bicyclic) bond motifs is 1. The maximum Gasteiger partial charge on any atom is 0.330 e. The summed E-state index contributed by atoms with van der Waals surface area (Å²) in [5, 5.41) is 5.23. The van der Waals surface area contributed by atoms with Crippen molar-refractivity contribution in [2.75, 3.05) is 23.0 Å². The summed E-state index contributed by atoms with van der Waals surface area (Å²) in [7, 11) is 0. The number of nitrogens with zero attached hydrogens (tertiary/aromatic N) is 1. The molecule has 0 aromatic heterocycles. The molecule has 2 N–H and O–H groups in total. The fourth-order valence-corrected chi connectivity index (χ4v) is 4.72. The topological polar surface area (TPSA) is 105 Å². The van der Waals surface area contributed by atoms with Crippen LogP contribution in [-0.4, -0.2) is 51.9 Å². The van der Waals surface area contributed by atoms with Gasteiger partial charge in [-0.05, 0) is 31.5 Å². The molecule has 144 valence electrons. The Morgan fingerprint density at radius 2 is 2.00 bits per heavy atom. The number of carbonyl (C=O) groups excluding carboxylic acids is 4. The summed E-state index contributed by atoms with van der Waals surface area (Å²) in [6, 6.07) is 5.99. The van der Waals surface area contributed by atoms with Crippen LogP contribution in [0.4, 0.5) is 11.4 Å². The Balaban J connectivity index is 1.53. The maximum absolute atomic E-state index is 12.4. The Hall–Kier alpha value is -2.55. The van der Waals surface area contributed by atoms with Crippen LogP contribution in [0.15, 0.2) is 24.3 Å². The van der Waals surface area contributed by atoms with Crippen LogP contribution >= 0.6 is 11.8 Å². The quantitative estimate of drug-likeness (QED) is 0.739. The average molecular weight is 391 g/mol. The molecule has 2 fully saturated rings. The first-order valence-corrected chi connectivity index (χ1v) is 9.57. The number of carbonyl (C=O) groups is 4. The predicted molar refractivity (Wildman–Crippen MR) is 101 cm³/mol. The molecule has 2 heterocycles. The van der Waals surface area contributed by atoms with Crippen molar-refractivity contribution in [1.82, 2.24) is 4.90 Å². The normalized spacial score (nSPS) is 23.7. The average Bonchev–Trinajstić information content (AvgIpc) is 3.09. The molecule has 8 nitrogen and oxygen atoms in total. The number of hydrogen-bond acceptors (Lipinski definition) is 6. The van der Waals surface area contributed by atoms with Crippen LogP contribution in [-0.2, 0) is 23.9 Å². The van der Waals surface area contributed by atoms with Crippen LogP contribution in [0.2, 0.25) is 0 Å². The third-order valence-corrected chi connectivity index (χ3v) is 6.03. The van der Waals surface area contributed by atoms with Crippen molar-refractivity contribution >= 4 is 46.8 Å². The highest BCUT2D eigenvalue weighted by Crippen LogP contribution is 2.47. The van der Waals surface area contributed by atoms with Crippen molar-refractivity contribution in [3.8, 4) is 0 Å². The molecule has 0 spiro atoms. The molecular formula is C18H21N3O5S. The molecule has 1 aromatic rings.